The minimum Gasteiger partial charge on any atom is -0.322 e. The van der Waals surface area contributed by atoms with Gasteiger partial charge in [0.15, 0.2) is 6.29 Å². The molecular weight excluding hydrogens is 400 g/mol. The highest BCUT2D eigenvalue weighted by Gasteiger charge is 2.21. The van der Waals surface area contributed by atoms with E-state index in [0.717, 1.165) is 11.8 Å². The van der Waals surface area contributed by atoms with Gasteiger partial charge in [-0.25, -0.2) is 0 Å². The van der Waals surface area contributed by atoms with E-state index in [-0.39, 0.29) is 11.8 Å². The molecule has 0 spiro atoms. The summed E-state index contributed by atoms with van der Waals surface area (Å²) in [6.45, 7) is 1.98. The maximum Gasteiger partial charge on any atom is 0.256 e. The number of fused-ring (bicyclic) bond motifs is 1. The van der Waals surface area contributed by atoms with Crippen LogP contribution in [-0.2, 0) is 6.42 Å². The second-order valence-electron chi connectivity index (χ2n) is 7.34. The van der Waals surface area contributed by atoms with E-state index in [4.69, 9.17) is 0 Å². The van der Waals surface area contributed by atoms with Gasteiger partial charge in [-0.2, -0.15) is 0 Å². The lowest BCUT2D eigenvalue weighted by Gasteiger charge is -2.16. The van der Waals surface area contributed by atoms with E-state index in [1.807, 2.05) is 49.4 Å². The predicted octanol–water partition coefficient (Wildman–Crippen LogP) is 5.72. The molecule has 4 rings (SSSR count). The number of hydrogen-bond donors (Lipinski definition) is 2. The SMILES string of the molecule is CCc1ccc(C=O)c2c(C(=O)Nc3ccccc3)ccc(C(=O)Nc3ccccc3)c12. The summed E-state index contributed by atoms with van der Waals surface area (Å²) in [6.07, 6.45) is 1.37. The van der Waals surface area contributed by atoms with Crippen molar-refractivity contribution in [3.05, 3.63) is 107 Å². The van der Waals surface area contributed by atoms with Gasteiger partial charge >= 0.3 is 0 Å². The summed E-state index contributed by atoms with van der Waals surface area (Å²) >= 11 is 0. The first-order chi connectivity index (χ1) is 15.6. The molecule has 0 aliphatic heterocycles. The Balaban J connectivity index is 1.86. The van der Waals surface area contributed by atoms with Crippen LogP contribution >= 0.6 is 0 Å². The number of hydrogen-bond acceptors (Lipinski definition) is 3. The van der Waals surface area contributed by atoms with Gasteiger partial charge in [0.25, 0.3) is 11.8 Å². The van der Waals surface area contributed by atoms with Crippen LogP contribution in [0.25, 0.3) is 10.8 Å². The van der Waals surface area contributed by atoms with Crippen molar-refractivity contribution in [1.29, 1.82) is 0 Å². The molecule has 2 N–H and O–H groups in total. The lowest BCUT2D eigenvalue weighted by atomic mass is 9.90. The van der Waals surface area contributed by atoms with Gasteiger partial charge in [-0.3, -0.25) is 14.4 Å². The highest BCUT2D eigenvalue weighted by molar-refractivity contribution is 6.22. The average Bonchev–Trinajstić information content (AvgIpc) is 2.83. The van der Waals surface area contributed by atoms with Crippen molar-refractivity contribution in [1.82, 2.24) is 0 Å². The predicted molar refractivity (Wildman–Crippen MR) is 128 cm³/mol. The highest BCUT2D eigenvalue weighted by atomic mass is 16.2. The summed E-state index contributed by atoms with van der Waals surface area (Å²) in [5, 5.41) is 6.87. The van der Waals surface area contributed by atoms with Gasteiger partial charge in [0.2, 0.25) is 0 Å². The molecule has 5 heteroatoms. The summed E-state index contributed by atoms with van der Waals surface area (Å²) in [6, 6.07) is 25.1. The Labute approximate surface area is 186 Å². The molecule has 0 aliphatic carbocycles. The summed E-state index contributed by atoms with van der Waals surface area (Å²) in [4.78, 5) is 38.2. The Morgan fingerprint density at radius 2 is 1.19 bits per heavy atom. The molecule has 5 nitrogen and oxygen atoms in total. The van der Waals surface area contributed by atoms with Crippen LogP contribution in [-0.4, -0.2) is 18.1 Å². The van der Waals surface area contributed by atoms with Gasteiger partial charge in [-0.1, -0.05) is 55.5 Å². The van der Waals surface area contributed by atoms with Crippen molar-refractivity contribution >= 4 is 40.2 Å². The number of nitrogens with one attached hydrogen (secondary N) is 2. The zero-order valence-electron chi connectivity index (χ0n) is 17.6. The van der Waals surface area contributed by atoms with E-state index < -0.39 is 0 Å². The van der Waals surface area contributed by atoms with E-state index in [9.17, 15) is 14.4 Å². The monoisotopic (exact) mass is 422 g/mol. The molecular formula is C27H22N2O3. The Morgan fingerprint density at radius 1 is 0.688 bits per heavy atom. The van der Waals surface area contributed by atoms with Crippen LogP contribution in [0.5, 0.6) is 0 Å². The lowest BCUT2D eigenvalue weighted by Crippen LogP contribution is -2.17. The van der Waals surface area contributed by atoms with E-state index >= 15 is 0 Å². The van der Waals surface area contributed by atoms with Crippen molar-refractivity contribution in [3.63, 3.8) is 0 Å². The van der Waals surface area contributed by atoms with Crippen molar-refractivity contribution < 1.29 is 14.4 Å². The number of amides is 2. The third-order valence-corrected chi connectivity index (χ3v) is 5.34. The van der Waals surface area contributed by atoms with Crippen LogP contribution in [0, 0.1) is 0 Å². The highest BCUT2D eigenvalue weighted by Crippen LogP contribution is 2.31. The third kappa shape index (κ3) is 4.14. The van der Waals surface area contributed by atoms with Crippen LogP contribution in [0.4, 0.5) is 11.4 Å². The molecule has 0 saturated carbocycles. The quantitative estimate of drug-likeness (QED) is 0.390. The number of benzene rings is 4. The minimum atomic E-state index is -0.340. The number of aldehydes is 1. The zero-order valence-corrected chi connectivity index (χ0v) is 17.6. The van der Waals surface area contributed by atoms with E-state index in [2.05, 4.69) is 10.6 Å². The van der Waals surface area contributed by atoms with Crippen molar-refractivity contribution in [2.75, 3.05) is 10.6 Å². The normalized spacial score (nSPS) is 10.5. The molecule has 0 atom stereocenters. The lowest BCUT2D eigenvalue weighted by molar-refractivity contribution is 0.101. The number of rotatable bonds is 6. The van der Waals surface area contributed by atoms with Crippen LogP contribution in [0.15, 0.2) is 84.9 Å². The van der Waals surface area contributed by atoms with E-state index in [1.54, 1.807) is 42.5 Å². The molecule has 0 aromatic heterocycles. The summed E-state index contributed by atoms with van der Waals surface area (Å²) in [7, 11) is 0. The summed E-state index contributed by atoms with van der Waals surface area (Å²) in [5.74, 6) is -0.637. The molecule has 158 valence electrons. The second kappa shape index (κ2) is 9.27. The third-order valence-electron chi connectivity index (χ3n) is 5.34. The maximum atomic E-state index is 13.2. The number of carbonyl (C=O) groups excluding carboxylic acids is 3. The number of aryl methyl sites for hydroxylation is 1. The Kier molecular flexibility index (Phi) is 6.08. The summed E-state index contributed by atoms with van der Waals surface area (Å²) in [5.41, 5.74) is 3.33. The van der Waals surface area contributed by atoms with Crippen molar-refractivity contribution in [2.24, 2.45) is 0 Å². The molecule has 0 unspecified atom stereocenters. The summed E-state index contributed by atoms with van der Waals surface area (Å²) < 4.78 is 0. The first-order valence-corrected chi connectivity index (χ1v) is 10.4. The van der Waals surface area contributed by atoms with E-state index in [0.29, 0.717) is 45.3 Å². The van der Waals surface area contributed by atoms with E-state index in [1.165, 1.54) is 0 Å². The molecule has 0 aliphatic rings. The Hall–Kier alpha value is -4.25. The number of carbonyl (C=O) groups is 3. The standard InChI is InChI=1S/C27H22N2O3/c1-2-18-13-14-19(17-30)25-23(27(32)29-21-11-7-4-8-12-21)16-15-22(24(18)25)26(31)28-20-9-5-3-6-10-20/h3-17H,2H2,1H3,(H,28,31)(H,29,32). The largest absolute Gasteiger partial charge is 0.322 e. The zero-order chi connectivity index (χ0) is 22.5. The molecule has 0 radical (unpaired) electrons. The van der Waals surface area contributed by atoms with Gasteiger partial charge in [0.1, 0.15) is 0 Å². The van der Waals surface area contributed by atoms with Crippen molar-refractivity contribution in [2.45, 2.75) is 13.3 Å². The van der Waals surface area contributed by atoms with Crippen LogP contribution in [0.2, 0.25) is 0 Å². The van der Waals surface area contributed by atoms with Gasteiger partial charge < -0.3 is 10.6 Å². The molecule has 0 saturated heterocycles. The van der Waals surface area contributed by atoms with Crippen molar-refractivity contribution in [3.8, 4) is 0 Å². The fourth-order valence-corrected chi connectivity index (χ4v) is 3.80. The van der Waals surface area contributed by atoms with Gasteiger partial charge in [-0.15, -0.1) is 0 Å². The van der Waals surface area contributed by atoms with Gasteiger partial charge in [-0.05, 0) is 53.8 Å². The maximum absolute atomic E-state index is 13.2. The fraction of sp³-hybridized carbons (Fsp3) is 0.0741. The molecule has 0 heterocycles. The first kappa shape index (κ1) is 21.0. The smallest absolute Gasteiger partial charge is 0.256 e. The Morgan fingerprint density at radius 3 is 1.66 bits per heavy atom. The molecule has 2 amide bonds. The average molecular weight is 422 g/mol. The van der Waals surface area contributed by atoms with Gasteiger partial charge in [0.05, 0.1) is 0 Å². The second-order valence-corrected chi connectivity index (χ2v) is 7.34. The van der Waals surface area contributed by atoms with Crippen LogP contribution < -0.4 is 10.6 Å². The number of anilines is 2. The number of para-hydroxylation sites is 2. The minimum absolute atomic E-state index is 0.297. The fourth-order valence-electron chi connectivity index (χ4n) is 3.80. The molecule has 0 bridgehead atoms. The molecule has 4 aromatic rings. The molecule has 32 heavy (non-hydrogen) atoms. The first-order valence-electron chi connectivity index (χ1n) is 10.4. The molecule has 4 aromatic carbocycles. The van der Waals surface area contributed by atoms with Gasteiger partial charge in [0, 0.05) is 33.5 Å². The Bertz CT molecular complexity index is 1300. The topological polar surface area (TPSA) is 75.3 Å². The van der Waals surface area contributed by atoms with Crippen LogP contribution in [0.1, 0.15) is 43.6 Å². The van der Waals surface area contributed by atoms with Crippen LogP contribution in [0.3, 0.4) is 0 Å². The molecule has 0 fully saturated rings.